The highest BCUT2D eigenvalue weighted by molar-refractivity contribution is 5.99. The van der Waals surface area contributed by atoms with Crippen LogP contribution in [0.15, 0.2) is 66.5 Å². The minimum absolute atomic E-state index is 0.134. The Bertz CT molecular complexity index is 1690. The SMILES string of the molecule is CNC1(/C=C(\C#N)C(=O)N2CCC[C@@H](n3nc(-c4ccc(Oc5ccccc5)cc4F)c4c(N)ncnc43)C2)CC1. The molecule has 3 N–H and O–H groups in total. The first-order valence-electron chi connectivity index (χ1n) is 13.5. The molecule has 2 aromatic heterocycles. The Morgan fingerprint density at radius 2 is 2.02 bits per heavy atom. The first kappa shape index (κ1) is 26.4. The zero-order valence-corrected chi connectivity index (χ0v) is 22.5. The van der Waals surface area contributed by atoms with Gasteiger partial charge >= 0.3 is 0 Å². The molecule has 1 aliphatic carbocycles. The lowest BCUT2D eigenvalue weighted by Gasteiger charge is -2.33. The van der Waals surface area contributed by atoms with Crippen molar-refractivity contribution < 1.29 is 13.9 Å². The van der Waals surface area contributed by atoms with Crippen molar-refractivity contribution in [3.63, 3.8) is 0 Å². The number of nitrogens with two attached hydrogens (primary N) is 1. The highest BCUT2D eigenvalue weighted by Crippen LogP contribution is 2.38. The van der Waals surface area contributed by atoms with Crippen LogP contribution in [0.5, 0.6) is 11.5 Å². The summed E-state index contributed by atoms with van der Waals surface area (Å²) in [5, 5.41) is 18.2. The van der Waals surface area contributed by atoms with Crippen LogP contribution in [-0.2, 0) is 4.79 Å². The minimum Gasteiger partial charge on any atom is -0.457 e. The fraction of sp³-hybridized carbons (Fsp3) is 0.300. The molecule has 1 saturated carbocycles. The van der Waals surface area contributed by atoms with E-state index in [2.05, 4.69) is 21.4 Å². The van der Waals surface area contributed by atoms with E-state index in [4.69, 9.17) is 15.6 Å². The second kappa shape index (κ2) is 10.6. The van der Waals surface area contributed by atoms with Gasteiger partial charge in [-0.05, 0) is 63.1 Å². The summed E-state index contributed by atoms with van der Waals surface area (Å²) in [7, 11) is 1.83. The number of anilines is 1. The van der Waals surface area contributed by atoms with Crippen LogP contribution in [0.1, 0.15) is 31.7 Å². The Kier molecular flexibility index (Phi) is 6.85. The van der Waals surface area contributed by atoms with Gasteiger partial charge in [0.1, 0.15) is 46.8 Å². The van der Waals surface area contributed by atoms with Gasteiger partial charge in [0.2, 0.25) is 0 Å². The van der Waals surface area contributed by atoms with Crippen LogP contribution in [0, 0.1) is 17.1 Å². The molecule has 0 unspecified atom stereocenters. The Morgan fingerprint density at radius 3 is 2.73 bits per heavy atom. The average molecular weight is 553 g/mol. The molecule has 0 spiro atoms. The van der Waals surface area contributed by atoms with Crippen molar-refractivity contribution in [3.8, 4) is 28.8 Å². The van der Waals surface area contributed by atoms with Crippen LogP contribution in [-0.4, -0.2) is 56.2 Å². The number of carbonyl (C=O) groups is 1. The molecule has 6 rings (SSSR count). The van der Waals surface area contributed by atoms with E-state index < -0.39 is 5.82 Å². The number of halogens is 1. The number of para-hydroxylation sites is 1. The molecule has 2 aliphatic rings. The maximum atomic E-state index is 15.5. The van der Waals surface area contributed by atoms with E-state index in [-0.39, 0.29) is 34.4 Å². The second-order valence-electron chi connectivity index (χ2n) is 10.4. The molecule has 2 fully saturated rings. The minimum atomic E-state index is -0.531. The fourth-order valence-electron chi connectivity index (χ4n) is 5.34. The number of likely N-dealkylation sites (tertiary alicyclic amines) is 1. The van der Waals surface area contributed by atoms with Crippen LogP contribution in [0.25, 0.3) is 22.3 Å². The summed E-state index contributed by atoms with van der Waals surface area (Å²) < 4.78 is 23.0. The van der Waals surface area contributed by atoms with Crippen molar-refractivity contribution in [1.82, 2.24) is 30.0 Å². The van der Waals surface area contributed by atoms with Gasteiger partial charge in [-0.2, -0.15) is 10.4 Å². The van der Waals surface area contributed by atoms with Crippen molar-refractivity contribution in [2.75, 3.05) is 25.9 Å². The first-order valence-corrected chi connectivity index (χ1v) is 13.5. The van der Waals surface area contributed by atoms with Gasteiger partial charge in [-0.15, -0.1) is 0 Å². The van der Waals surface area contributed by atoms with E-state index in [0.717, 1.165) is 19.3 Å². The van der Waals surface area contributed by atoms with E-state index in [0.29, 0.717) is 47.7 Å². The third-order valence-corrected chi connectivity index (χ3v) is 7.78. The molecule has 4 aromatic rings. The predicted molar refractivity (Wildman–Crippen MR) is 151 cm³/mol. The number of amides is 1. The van der Waals surface area contributed by atoms with E-state index >= 15 is 4.39 Å². The second-order valence-corrected chi connectivity index (χ2v) is 10.4. The van der Waals surface area contributed by atoms with E-state index in [9.17, 15) is 10.1 Å². The molecule has 3 heterocycles. The Labute approximate surface area is 236 Å². The number of nitrogen functional groups attached to an aromatic ring is 1. The number of nitrogens with one attached hydrogen (secondary N) is 1. The number of nitrogens with zero attached hydrogens (tertiary/aromatic N) is 6. The summed E-state index contributed by atoms with van der Waals surface area (Å²) >= 11 is 0. The quantitative estimate of drug-likeness (QED) is 0.255. The normalized spacial score (nSPS) is 18.2. The number of likely N-dealkylation sites (N-methyl/N-ethyl adjacent to an activating group) is 1. The lowest BCUT2D eigenvalue weighted by atomic mass is 10.0. The number of hydrogen-bond acceptors (Lipinski definition) is 8. The first-order chi connectivity index (χ1) is 19.9. The predicted octanol–water partition coefficient (Wildman–Crippen LogP) is 4.37. The number of ether oxygens (including phenoxy) is 1. The largest absolute Gasteiger partial charge is 0.457 e. The molecule has 1 atom stereocenters. The molecule has 11 heteroatoms. The number of carbonyl (C=O) groups excluding carboxylic acids is 1. The summed E-state index contributed by atoms with van der Waals surface area (Å²) in [4.78, 5) is 23.6. The summed E-state index contributed by atoms with van der Waals surface area (Å²) in [6.45, 7) is 0.860. The molecule has 208 valence electrons. The maximum Gasteiger partial charge on any atom is 0.264 e. The molecule has 0 radical (unpaired) electrons. The van der Waals surface area contributed by atoms with Gasteiger partial charge in [-0.3, -0.25) is 4.79 Å². The smallest absolute Gasteiger partial charge is 0.264 e. The average Bonchev–Trinajstić information content (AvgIpc) is 3.67. The van der Waals surface area contributed by atoms with Crippen molar-refractivity contribution in [1.29, 1.82) is 5.26 Å². The van der Waals surface area contributed by atoms with Crippen LogP contribution in [0.4, 0.5) is 10.2 Å². The van der Waals surface area contributed by atoms with Gasteiger partial charge < -0.3 is 20.7 Å². The maximum absolute atomic E-state index is 15.5. The van der Waals surface area contributed by atoms with Crippen molar-refractivity contribution in [2.24, 2.45) is 0 Å². The van der Waals surface area contributed by atoms with Gasteiger partial charge in [0.15, 0.2) is 5.65 Å². The van der Waals surface area contributed by atoms with Gasteiger partial charge in [-0.25, -0.2) is 19.0 Å². The number of rotatable bonds is 7. The lowest BCUT2D eigenvalue weighted by molar-refractivity contribution is -0.128. The van der Waals surface area contributed by atoms with E-state index in [1.807, 2.05) is 25.2 Å². The molecule has 0 bridgehead atoms. The molecule has 1 saturated heterocycles. The number of nitriles is 1. The Hall–Kier alpha value is -4.82. The molecule has 1 amide bonds. The van der Waals surface area contributed by atoms with E-state index in [1.54, 1.807) is 39.9 Å². The van der Waals surface area contributed by atoms with E-state index in [1.165, 1.54) is 12.4 Å². The molecule has 1 aliphatic heterocycles. The monoisotopic (exact) mass is 552 g/mol. The lowest BCUT2D eigenvalue weighted by Crippen LogP contribution is -2.42. The van der Waals surface area contributed by atoms with Crippen LogP contribution in [0.3, 0.4) is 0 Å². The highest BCUT2D eigenvalue weighted by Gasteiger charge is 2.40. The fourth-order valence-corrected chi connectivity index (χ4v) is 5.34. The van der Waals surface area contributed by atoms with Gasteiger partial charge in [0.25, 0.3) is 5.91 Å². The zero-order valence-electron chi connectivity index (χ0n) is 22.5. The molecule has 41 heavy (non-hydrogen) atoms. The number of hydrogen-bond donors (Lipinski definition) is 2. The van der Waals surface area contributed by atoms with Crippen LogP contribution < -0.4 is 15.8 Å². The Balaban J connectivity index is 1.32. The summed E-state index contributed by atoms with van der Waals surface area (Å²) in [6, 6.07) is 15.5. The zero-order chi connectivity index (χ0) is 28.6. The summed E-state index contributed by atoms with van der Waals surface area (Å²) in [6.07, 6.45) is 6.32. The summed E-state index contributed by atoms with van der Waals surface area (Å²) in [5.41, 5.74) is 7.13. The Morgan fingerprint density at radius 1 is 1.22 bits per heavy atom. The van der Waals surface area contributed by atoms with Gasteiger partial charge in [0.05, 0.1) is 11.4 Å². The third-order valence-electron chi connectivity index (χ3n) is 7.78. The molecular weight excluding hydrogens is 523 g/mol. The number of fused-ring (bicyclic) bond motifs is 1. The molecule has 2 aromatic carbocycles. The van der Waals surface area contributed by atoms with Crippen molar-refractivity contribution >= 4 is 22.8 Å². The van der Waals surface area contributed by atoms with Crippen molar-refractivity contribution in [2.45, 2.75) is 37.3 Å². The summed E-state index contributed by atoms with van der Waals surface area (Å²) in [5.74, 6) is 0.289. The topological polar surface area (TPSA) is 135 Å². The third kappa shape index (κ3) is 5.10. The highest BCUT2D eigenvalue weighted by atomic mass is 19.1. The standard InChI is InChI=1S/C30H29FN8O2/c1-34-30(11-12-30)15-19(16-32)29(40)38-13-5-6-20(17-38)39-28-25(27(33)35-18-36-28)26(37-39)23-10-9-22(14-24(23)31)41-21-7-3-2-4-8-21/h2-4,7-10,14-15,18,20,34H,5-6,11-13,17H2,1H3,(H2,33,35,36)/b19-15+/t20-/m1/s1. The number of piperidine rings is 1. The molecule has 10 nitrogen and oxygen atoms in total. The van der Waals surface area contributed by atoms with Crippen LogP contribution in [0.2, 0.25) is 0 Å². The molecular formula is C30H29FN8O2. The van der Waals surface area contributed by atoms with Gasteiger partial charge in [-0.1, -0.05) is 18.2 Å². The van der Waals surface area contributed by atoms with Crippen LogP contribution >= 0.6 is 0 Å². The number of benzene rings is 2. The van der Waals surface area contributed by atoms with Gasteiger partial charge in [0, 0.05) is 30.3 Å². The van der Waals surface area contributed by atoms with Crippen molar-refractivity contribution in [3.05, 3.63) is 72.3 Å². The number of aromatic nitrogens is 4.